The molecule has 0 atom stereocenters. The molecule has 1 N–H and O–H groups in total. The summed E-state index contributed by atoms with van der Waals surface area (Å²) in [7, 11) is 2.17. The molecular weight excluding hydrogens is 234 g/mol. The Hall–Kier alpha value is -2.03. The SMILES string of the molecule is CN1CCCc2cc(NCc3ccccn3)ccc21. The van der Waals surface area contributed by atoms with Gasteiger partial charge in [-0.15, -0.1) is 0 Å². The van der Waals surface area contributed by atoms with Crippen LogP contribution in [0.2, 0.25) is 0 Å². The molecular formula is C16H19N3. The van der Waals surface area contributed by atoms with Gasteiger partial charge in [0.1, 0.15) is 0 Å². The lowest BCUT2D eigenvalue weighted by Gasteiger charge is -2.27. The van der Waals surface area contributed by atoms with Crippen molar-refractivity contribution in [3.05, 3.63) is 53.9 Å². The summed E-state index contributed by atoms with van der Waals surface area (Å²) < 4.78 is 0. The van der Waals surface area contributed by atoms with Gasteiger partial charge in [0.25, 0.3) is 0 Å². The summed E-state index contributed by atoms with van der Waals surface area (Å²) in [6, 6.07) is 12.6. The third-order valence-electron chi connectivity index (χ3n) is 3.63. The molecule has 3 rings (SSSR count). The van der Waals surface area contributed by atoms with Crippen molar-refractivity contribution in [3.8, 4) is 0 Å². The Balaban J connectivity index is 1.72. The van der Waals surface area contributed by atoms with Crippen LogP contribution < -0.4 is 10.2 Å². The minimum absolute atomic E-state index is 0.773. The largest absolute Gasteiger partial charge is 0.379 e. The van der Waals surface area contributed by atoms with Crippen LogP contribution >= 0.6 is 0 Å². The van der Waals surface area contributed by atoms with E-state index in [2.05, 4.69) is 40.4 Å². The Morgan fingerprint density at radius 1 is 1.26 bits per heavy atom. The van der Waals surface area contributed by atoms with E-state index in [0.717, 1.165) is 18.8 Å². The number of anilines is 2. The van der Waals surface area contributed by atoms with E-state index in [1.165, 1.54) is 29.8 Å². The molecule has 0 saturated heterocycles. The quantitative estimate of drug-likeness (QED) is 0.911. The lowest BCUT2D eigenvalue weighted by Crippen LogP contribution is -2.24. The first-order valence-corrected chi connectivity index (χ1v) is 6.81. The number of hydrogen-bond acceptors (Lipinski definition) is 3. The van der Waals surface area contributed by atoms with Crippen molar-refractivity contribution in [2.45, 2.75) is 19.4 Å². The molecule has 0 amide bonds. The fourth-order valence-electron chi connectivity index (χ4n) is 2.59. The van der Waals surface area contributed by atoms with Crippen molar-refractivity contribution in [3.63, 3.8) is 0 Å². The van der Waals surface area contributed by atoms with Crippen LogP contribution in [0.15, 0.2) is 42.6 Å². The second-order valence-electron chi connectivity index (χ2n) is 5.04. The molecule has 2 heterocycles. The van der Waals surface area contributed by atoms with Crippen molar-refractivity contribution in [1.29, 1.82) is 0 Å². The van der Waals surface area contributed by atoms with E-state index in [4.69, 9.17) is 0 Å². The van der Waals surface area contributed by atoms with Gasteiger partial charge in [0, 0.05) is 31.2 Å². The van der Waals surface area contributed by atoms with E-state index < -0.39 is 0 Å². The Bertz CT molecular complexity index is 551. The van der Waals surface area contributed by atoms with Gasteiger partial charge in [-0.2, -0.15) is 0 Å². The molecule has 3 heteroatoms. The molecule has 0 unspecified atom stereocenters. The molecule has 0 aliphatic carbocycles. The average Bonchev–Trinajstić information content (AvgIpc) is 2.46. The lowest BCUT2D eigenvalue weighted by molar-refractivity contribution is 0.744. The fourth-order valence-corrected chi connectivity index (χ4v) is 2.59. The summed E-state index contributed by atoms with van der Waals surface area (Å²) in [6.07, 6.45) is 4.25. The van der Waals surface area contributed by atoms with E-state index >= 15 is 0 Å². The molecule has 0 spiro atoms. The standard InChI is InChI=1S/C16H19N3/c1-19-10-4-5-13-11-14(7-8-16(13)19)18-12-15-6-2-3-9-17-15/h2-3,6-9,11,18H,4-5,10,12H2,1H3. The molecule has 2 aromatic rings. The van der Waals surface area contributed by atoms with Gasteiger partial charge in [0.2, 0.25) is 0 Å². The molecule has 0 fully saturated rings. The van der Waals surface area contributed by atoms with Gasteiger partial charge in [0.15, 0.2) is 0 Å². The Labute approximate surface area is 114 Å². The Kier molecular flexibility index (Phi) is 3.36. The third kappa shape index (κ3) is 2.70. The van der Waals surface area contributed by atoms with Crippen LogP contribution in [0.1, 0.15) is 17.7 Å². The van der Waals surface area contributed by atoms with Gasteiger partial charge in [-0.05, 0) is 48.7 Å². The van der Waals surface area contributed by atoms with Gasteiger partial charge in [-0.25, -0.2) is 0 Å². The highest BCUT2D eigenvalue weighted by Crippen LogP contribution is 2.28. The van der Waals surface area contributed by atoms with Crippen molar-refractivity contribution < 1.29 is 0 Å². The minimum atomic E-state index is 0.773. The first-order valence-electron chi connectivity index (χ1n) is 6.81. The average molecular weight is 253 g/mol. The fraction of sp³-hybridized carbons (Fsp3) is 0.312. The normalized spacial score (nSPS) is 14.1. The molecule has 98 valence electrons. The summed E-state index contributed by atoms with van der Waals surface area (Å²) >= 11 is 0. The number of fused-ring (bicyclic) bond motifs is 1. The van der Waals surface area contributed by atoms with Crippen LogP contribution in [-0.2, 0) is 13.0 Å². The molecule has 3 nitrogen and oxygen atoms in total. The van der Waals surface area contributed by atoms with Crippen LogP contribution in [0.25, 0.3) is 0 Å². The highest BCUT2D eigenvalue weighted by Gasteiger charge is 2.13. The van der Waals surface area contributed by atoms with Crippen LogP contribution in [0.3, 0.4) is 0 Å². The van der Waals surface area contributed by atoms with Crippen molar-refractivity contribution in [2.75, 3.05) is 23.8 Å². The zero-order chi connectivity index (χ0) is 13.1. The Morgan fingerprint density at radius 2 is 2.21 bits per heavy atom. The van der Waals surface area contributed by atoms with Crippen LogP contribution in [0, 0.1) is 0 Å². The Morgan fingerprint density at radius 3 is 3.05 bits per heavy atom. The van der Waals surface area contributed by atoms with Gasteiger partial charge in [0.05, 0.1) is 12.2 Å². The number of rotatable bonds is 3. The number of benzene rings is 1. The minimum Gasteiger partial charge on any atom is -0.379 e. The molecule has 1 aromatic carbocycles. The molecule has 0 bridgehead atoms. The smallest absolute Gasteiger partial charge is 0.0594 e. The van der Waals surface area contributed by atoms with Gasteiger partial charge < -0.3 is 10.2 Å². The first-order chi connectivity index (χ1) is 9.33. The zero-order valence-corrected chi connectivity index (χ0v) is 11.3. The number of pyridine rings is 1. The second-order valence-corrected chi connectivity index (χ2v) is 5.04. The van der Waals surface area contributed by atoms with E-state index in [-0.39, 0.29) is 0 Å². The highest BCUT2D eigenvalue weighted by atomic mass is 15.1. The summed E-state index contributed by atoms with van der Waals surface area (Å²) in [5.41, 5.74) is 5.06. The molecule has 1 aromatic heterocycles. The van der Waals surface area contributed by atoms with Gasteiger partial charge in [-0.1, -0.05) is 6.07 Å². The van der Waals surface area contributed by atoms with Crippen molar-refractivity contribution >= 4 is 11.4 Å². The summed E-state index contributed by atoms with van der Waals surface area (Å²) in [6.45, 7) is 1.93. The van der Waals surface area contributed by atoms with Crippen molar-refractivity contribution in [1.82, 2.24) is 4.98 Å². The van der Waals surface area contributed by atoms with Gasteiger partial charge >= 0.3 is 0 Å². The maximum atomic E-state index is 4.32. The topological polar surface area (TPSA) is 28.2 Å². The van der Waals surface area contributed by atoms with Gasteiger partial charge in [-0.3, -0.25) is 4.98 Å². The van der Waals surface area contributed by atoms with Crippen LogP contribution in [-0.4, -0.2) is 18.6 Å². The number of nitrogens with zero attached hydrogens (tertiary/aromatic N) is 2. The monoisotopic (exact) mass is 253 g/mol. The van der Waals surface area contributed by atoms with Crippen LogP contribution in [0.4, 0.5) is 11.4 Å². The van der Waals surface area contributed by atoms with E-state index in [9.17, 15) is 0 Å². The predicted molar refractivity (Wildman–Crippen MR) is 79.6 cm³/mol. The second kappa shape index (κ2) is 5.31. The number of aryl methyl sites for hydroxylation is 1. The maximum absolute atomic E-state index is 4.32. The predicted octanol–water partition coefficient (Wildman–Crippen LogP) is 3.08. The molecule has 1 aliphatic rings. The third-order valence-corrected chi connectivity index (χ3v) is 3.63. The summed E-state index contributed by atoms with van der Waals surface area (Å²) in [5, 5.41) is 3.44. The molecule has 0 saturated carbocycles. The van der Waals surface area contributed by atoms with E-state index in [1.807, 2.05) is 24.4 Å². The number of hydrogen-bond donors (Lipinski definition) is 1. The summed E-state index contributed by atoms with van der Waals surface area (Å²) in [5.74, 6) is 0. The highest BCUT2D eigenvalue weighted by molar-refractivity contribution is 5.62. The molecule has 0 radical (unpaired) electrons. The maximum Gasteiger partial charge on any atom is 0.0594 e. The van der Waals surface area contributed by atoms with E-state index in [0.29, 0.717) is 0 Å². The zero-order valence-electron chi connectivity index (χ0n) is 11.3. The van der Waals surface area contributed by atoms with Crippen LogP contribution in [0.5, 0.6) is 0 Å². The lowest BCUT2D eigenvalue weighted by atomic mass is 10.0. The molecule has 19 heavy (non-hydrogen) atoms. The molecule has 1 aliphatic heterocycles. The number of nitrogens with one attached hydrogen (secondary N) is 1. The van der Waals surface area contributed by atoms with Crippen molar-refractivity contribution in [2.24, 2.45) is 0 Å². The summed E-state index contributed by atoms with van der Waals surface area (Å²) in [4.78, 5) is 6.66. The number of aromatic nitrogens is 1. The van der Waals surface area contributed by atoms with E-state index in [1.54, 1.807) is 0 Å². The first kappa shape index (κ1) is 12.0.